The van der Waals surface area contributed by atoms with Crippen LogP contribution in [0, 0.1) is 18.7 Å². The average molecular weight is 581 g/mol. The molecular weight excluding hydrogens is 554 g/mol. The first-order chi connectivity index (χ1) is 19.2. The number of cyclic esters (lactones) is 1. The Kier molecular flexibility index (Phi) is 7.92. The molecule has 1 aromatic carbocycles. The van der Waals surface area contributed by atoms with Gasteiger partial charge in [0.2, 0.25) is 0 Å². The van der Waals surface area contributed by atoms with E-state index in [9.17, 15) is 9.59 Å². The number of benzene rings is 1. The van der Waals surface area contributed by atoms with E-state index >= 15 is 4.39 Å². The number of rotatable bonds is 7. The molecular formula is C30H27Cl2FN4O3. The Morgan fingerprint density at radius 2 is 2.00 bits per heavy atom. The smallest absolute Gasteiger partial charge is 0.414 e. The quantitative estimate of drug-likeness (QED) is 0.283. The van der Waals surface area contributed by atoms with Gasteiger partial charge in [-0.2, -0.15) is 0 Å². The number of aliphatic imine (C=N–C) groups is 1. The lowest BCUT2D eigenvalue weighted by Crippen LogP contribution is -2.25. The zero-order chi connectivity index (χ0) is 28.6. The molecule has 3 atom stereocenters. The van der Waals surface area contributed by atoms with Crippen molar-refractivity contribution in [2.45, 2.75) is 32.6 Å². The number of hydrogen-bond donors (Lipinski definition) is 0. The number of ether oxygens (including phenoxy) is 1. The van der Waals surface area contributed by atoms with Gasteiger partial charge in [-0.15, -0.1) is 0 Å². The molecule has 1 amide bonds. The Hall–Kier alpha value is -3.75. The van der Waals surface area contributed by atoms with Gasteiger partial charge in [0, 0.05) is 36.1 Å². The second-order valence-corrected chi connectivity index (χ2v) is 10.6. The van der Waals surface area contributed by atoms with Gasteiger partial charge < -0.3 is 4.74 Å². The zero-order valence-corrected chi connectivity index (χ0v) is 23.7. The Labute approximate surface area is 241 Å². The molecule has 206 valence electrons. The number of carbonyl (C=O) groups excluding carboxylic acids is 1. The van der Waals surface area contributed by atoms with Gasteiger partial charge in [-0.1, -0.05) is 42.3 Å². The number of aryl methyl sites for hydroxylation is 1. The highest BCUT2D eigenvalue weighted by atomic mass is 35.5. The maximum Gasteiger partial charge on any atom is 0.414 e. The topological polar surface area (TPSA) is 76.8 Å². The minimum Gasteiger partial charge on any atom is -0.447 e. The fourth-order valence-electron chi connectivity index (χ4n) is 5.28. The third-order valence-electron chi connectivity index (χ3n) is 7.30. The van der Waals surface area contributed by atoms with Gasteiger partial charge in [0.1, 0.15) is 11.6 Å². The highest BCUT2D eigenvalue weighted by Gasteiger charge is 2.50. The van der Waals surface area contributed by atoms with Crippen molar-refractivity contribution in [2.24, 2.45) is 10.9 Å². The maximum absolute atomic E-state index is 15.6. The molecule has 0 spiro atoms. The van der Waals surface area contributed by atoms with Crippen LogP contribution >= 0.6 is 23.2 Å². The summed E-state index contributed by atoms with van der Waals surface area (Å²) >= 11 is 12.8. The standard InChI is InChI=1S/C30H27Cl2FN4O3/c1-4-9-35-23(21-6-5-7-24(28(21)33)37-11-12-40-30(37)39)8-10-36-17(2)13-22(27(32)29(36)38)26-18(3)25(26)19-14-20(31)16-34-15-19/h4-10,13-16,18,25-26H,11-12H2,1-3H3/b9-4+,10-8+,35-23-. The number of pyridine rings is 2. The summed E-state index contributed by atoms with van der Waals surface area (Å²) in [7, 11) is 0. The van der Waals surface area contributed by atoms with E-state index in [2.05, 4.69) is 16.9 Å². The van der Waals surface area contributed by atoms with Gasteiger partial charge in [0.25, 0.3) is 5.56 Å². The summed E-state index contributed by atoms with van der Waals surface area (Å²) in [5, 5.41) is 0.702. The van der Waals surface area contributed by atoms with Crippen LogP contribution in [0.4, 0.5) is 14.9 Å². The van der Waals surface area contributed by atoms with Crippen LogP contribution in [-0.2, 0) is 4.74 Å². The van der Waals surface area contributed by atoms with Gasteiger partial charge in [-0.25, -0.2) is 9.18 Å². The first-order valence-corrected chi connectivity index (χ1v) is 13.6. The second kappa shape index (κ2) is 11.4. The van der Waals surface area contributed by atoms with Gasteiger partial charge >= 0.3 is 6.09 Å². The van der Waals surface area contributed by atoms with E-state index < -0.39 is 11.9 Å². The van der Waals surface area contributed by atoms with Crippen LogP contribution in [0.1, 0.15) is 48.1 Å². The summed E-state index contributed by atoms with van der Waals surface area (Å²) in [6, 6.07) is 8.53. The van der Waals surface area contributed by atoms with Crippen molar-refractivity contribution in [3.8, 4) is 0 Å². The van der Waals surface area contributed by atoms with Gasteiger partial charge in [-0.3, -0.25) is 24.2 Å². The highest BCUT2D eigenvalue weighted by Crippen LogP contribution is 2.61. The minimum atomic E-state index is -0.615. The fourth-order valence-corrected chi connectivity index (χ4v) is 5.73. The number of amides is 1. The summed E-state index contributed by atoms with van der Waals surface area (Å²) in [4.78, 5) is 35.3. The number of hydrogen-bond acceptors (Lipinski definition) is 5. The van der Waals surface area contributed by atoms with Gasteiger partial charge in [0.05, 0.1) is 23.0 Å². The van der Waals surface area contributed by atoms with Crippen LogP contribution in [-0.4, -0.2) is 34.5 Å². The Morgan fingerprint density at radius 1 is 1.20 bits per heavy atom. The summed E-state index contributed by atoms with van der Waals surface area (Å²) in [5.74, 6) is -0.114. The molecule has 3 heterocycles. The van der Waals surface area contributed by atoms with Crippen LogP contribution in [0.25, 0.3) is 6.20 Å². The second-order valence-electron chi connectivity index (χ2n) is 9.79. The fraction of sp³-hybridized carbons (Fsp3) is 0.267. The molecule has 1 aliphatic carbocycles. The van der Waals surface area contributed by atoms with Crippen molar-refractivity contribution in [2.75, 3.05) is 18.1 Å². The van der Waals surface area contributed by atoms with E-state index in [1.54, 1.807) is 43.6 Å². The first-order valence-electron chi connectivity index (χ1n) is 12.8. The largest absolute Gasteiger partial charge is 0.447 e. The number of anilines is 1. The van der Waals surface area contributed by atoms with Crippen molar-refractivity contribution in [3.05, 3.63) is 110 Å². The molecule has 1 saturated heterocycles. The first kappa shape index (κ1) is 27.8. The number of aromatic nitrogens is 2. The van der Waals surface area contributed by atoms with Gasteiger partial charge in [0.15, 0.2) is 5.82 Å². The summed E-state index contributed by atoms with van der Waals surface area (Å²) in [6.07, 6.45) is 9.10. The molecule has 2 aromatic heterocycles. The molecule has 1 aliphatic heterocycles. The predicted octanol–water partition coefficient (Wildman–Crippen LogP) is 6.96. The molecule has 0 bridgehead atoms. The van der Waals surface area contributed by atoms with Crippen LogP contribution in [0.2, 0.25) is 10.0 Å². The van der Waals surface area contributed by atoms with Crippen molar-refractivity contribution in [1.29, 1.82) is 0 Å². The molecule has 10 heteroatoms. The van der Waals surface area contributed by atoms with Crippen molar-refractivity contribution in [3.63, 3.8) is 0 Å². The van der Waals surface area contributed by atoms with E-state index in [4.69, 9.17) is 27.9 Å². The summed E-state index contributed by atoms with van der Waals surface area (Å²) < 4.78 is 22.0. The molecule has 0 radical (unpaired) electrons. The number of allylic oxidation sites excluding steroid dienone is 2. The van der Waals surface area contributed by atoms with Crippen LogP contribution in [0.3, 0.4) is 0 Å². The average Bonchev–Trinajstić information content (AvgIpc) is 3.41. The summed E-state index contributed by atoms with van der Waals surface area (Å²) in [6.45, 7) is 6.16. The lowest BCUT2D eigenvalue weighted by Gasteiger charge is -2.16. The van der Waals surface area contributed by atoms with Gasteiger partial charge in [-0.05, 0) is 73.1 Å². The Bertz CT molecular complexity index is 1630. The Morgan fingerprint density at radius 3 is 2.70 bits per heavy atom. The van der Waals surface area contributed by atoms with Crippen molar-refractivity contribution < 1.29 is 13.9 Å². The minimum absolute atomic E-state index is 0.0683. The predicted molar refractivity (Wildman–Crippen MR) is 156 cm³/mol. The third kappa shape index (κ3) is 5.21. The third-order valence-corrected chi connectivity index (χ3v) is 7.89. The van der Waals surface area contributed by atoms with Crippen molar-refractivity contribution >= 4 is 46.9 Å². The highest BCUT2D eigenvalue weighted by molar-refractivity contribution is 6.31. The van der Waals surface area contributed by atoms with E-state index in [1.807, 2.05) is 19.1 Å². The molecule has 40 heavy (non-hydrogen) atoms. The number of carbonyl (C=O) groups is 1. The van der Waals surface area contributed by atoms with E-state index in [1.165, 1.54) is 27.9 Å². The normalized spacial score (nSPS) is 21.1. The molecule has 3 unspecified atom stereocenters. The van der Waals surface area contributed by atoms with E-state index in [0.29, 0.717) is 10.7 Å². The van der Waals surface area contributed by atoms with Crippen LogP contribution < -0.4 is 10.5 Å². The van der Waals surface area contributed by atoms with E-state index in [0.717, 1.165) is 11.1 Å². The van der Waals surface area contributed by atoms with Crippen LogP contribution in [0.15, 0.2) is 70.9 Å². The van der Waals surface area contributed by atoms with Crippen LogP contribution in [0.5, 0.6) is 0 Å². The zero-order valence-electron chi connectivity index (χ0n) is 22.1. The Balaban J connectivity index is 1.48. The lowest BCUT2D eigenvalue weighted by molar-refractivity contribution is 0.181. The van der Waals surface area contributed by atoms with E-state index in [-0.39, 0.29) is 58.4 Å². The molecule has 0 N–H and O–H groups in total. The molecule has 2 aliphatic rings. The molecule has 3 aromatic rings. The maximum atomic E-state index is 15.6. The molecule has 7 nitrogen and oxygen atoms in total. The SMILES string of the molecule is C/C=C/N=C(/C=C/n1c(C)cc(C2C(C)C2c2cncc(Cl)c2)c(Cl)c1=O)c1cccc(N2CCOC2=O)c1F. The number of nitrogens with zero attached hydrogens (tertiary/aromatic N) is 4. The number of halogens is 3. The lowest BCUT2D eigenvalue weighted by atomic mass is 10.1. The summed E-state index contributed by atoms with van der Waals surface area (Å²) in [5.41, 5.74) is 2.62. The van der Waals surface area contributed by atoms with Crippen molar-refractivity contribution in [1.82, 2.24) is 9.55 Å². The molecule has 1 saturated carbocycles. The molecule has 2 fully saturated rings. The monoisotopic (exact) mass is 580 g/mol. The molecule has 5 rings (SSSR count).